The number of carbonyl (C=O) groups is 1. The van der Waals surface area contributed by atoms with Gasteiger partial charge < -0.3 is 23.9 Å². The highest BCUT2D eigenvalue weighted by Gasteiger charge is 2.30. The molecule has 1 saturated heterocycles. The highest BCUT2D eigenvalue weighted by Crippen LogP contribution is 2.38. The van der Waals surface area contributed by atoms with E-state index in [4.69, 9.17) is 30.5 Å². The van der Waals surface area contributed by atoms with Gasteiger partial charge in [-0.15, -0.1) is 0 Å². The zero-order valence-corrected chi connectivity index (χ0v) is 33.2. The fourth-order valence-electron chi connectivity index (χ4n) is 8.44. The molecule has 0 spiro atoms. The first-order chi connectivity index (χ1) is 27.2. The number of aromatic nitrogens is 2. The highest BCUT2D eigenvalue weighted by atomic mass is 35.5. The van der Waals surface area contributed by atoms with Crippen LogP contribution in [0.25, 0.3) is 22.2 Å². The number of nitriles is 1. The van der Waals surface area contributed by atoms with Gasteiger partial charge in [0.05, 0.1) is 10.6 Å². The van der Waals surface area contributed by atoms with E-state index in [0.29, 0.717) is 53.6 Å². The van der Waals surface area contributed by atoms with Crippen LogP contribution in [0.3, 0.4) is 0 Å². The molecule has 3 heterocycles. The number of hydrogen-bond donors (Lipinski definition) is 1. The maximum atomic E-state index is 12.1. The lowest BCUT2D eigenvalue weighted by molar-refractivity contribution is -0.144. The van der Waals surface area contributed by atoms with Crippen LogP contribution < -0.4 is 9.47 Å². The first-order valence-electron chi connectivity index (χ1n) is 19.9. The second kappa shape index (κ2) is 17.9. The first-order valence-corrected chi connectivity index (χ1v) is 20.2. The van der Waals surface area contributed by atoms with Crippen molar-refractivity contribution in [3.63, 3.8) is 0 Å². The van der Waals surface area contributed by atoms with Gasteiger partial charge in [0.1, 0.15) is 42.3 Å². The fourth-order valence-corrected chi connectivity index (χ4v) is 8.68. The van der Waals surface area contributed by atoms with E-state index in [0.717, 1.165) is 89.1 Å². The largest absolute Gasteiger partial charge is 0.488 e. The Bertz CT molecular complexity index is 2200. The van der Waals surface area contributed by atoms with Gasteiger partial charge in [0.2, 0.25) is 0 Å². The summed E-state index contributed by atoms with van der Waals surface area (Å²) in [6, 6.07) is 20.0. The molecule has 56 heavy (non-hydrogen) atoms. The maximum Gasteiger partial charge on any atom is 0.320 e. The number of piperidine rings is 1. The number of halogens is 1. The van der Waals surface area contributed by atoms with Gasteiger partial charge in [0.15, 0.2) is 11.5 Å². The smallest absolute Gasteiger partial charge is 0.320 e. The summed E-state index contributed by atoms with van der Waals surface area (Å²) in [4.78, 5) is 25.8. The average molecular weight is 776 g/mol. The molecule has 2 fully saturated rings. The molecule has 7 rings (SSSR count). The molecule has 1 aliphatic carbocycles. The molecule has 1 unspecified atom stereocenters. The van der Waals surface area contributed by atoms with Gasteiger partial charge in [-0.05, 0) is 112 Å². The number of likely N-dealkylation sites (tertiary alicyclic amines) is 1. The quantitative estimate of drug-likeness (QED) is 0.117. The van der Waals surface area contributed by atoms with Crippen molar-refractivity contribution in [3.05, 3.63) is 106 Å². The van der Waals surface area contributed by atoms with Gasteiger partial charge in [-0.2, -0.15) is 5.26 Å². The second-order valence-corrected chi connectivity index (χ2v) is 15.4. The molecule has 5 aromatic rings. The predicted octanol–water partition coefficient (Wildman–Crippen LogP) is 9.69. The Labute approximate surface area is 334 Å². The van der Waals surface area contributed by atoms with Crippen molar-refractivity contribution in [1.82, 2.24) is 19.8 Å². The fraction of sp³-hybridized carbons (Fsp3) is 0.422. The number of oxazole rings is 1. The lowest BCUT2D eigenvalue weighted by Crippen LogP contribution is -2.44. The minimum Gasteiger partial charge on any atom is -0.488 e. The molecule has 3 aromatic carbocycles. The Morgan fingerprint density at radius 2 is 1.79 bits per heavy atom. The summed E-state index contributed by atoms with van der Waals surface area (Å²) < 4.78 is 19.0. The van der Waals surface area contributed by atoms with Crippen molar-refractivity contribution in [2.45, 2.75) is 103 Å². The number of aliphatic carboxylic acids is 1. The number of nitrogens with zero attached hydrogens (tertiary/aromatic N) is 5. The minimum atomic E-state index is -0.829. The lowest BCUT2D eigenvalue weighted by Gasteiger charge is -2.34. The Kier molecular flexibility index (Phi) is 12.5. The molecular formula is C45H50ClN5O5. The number of ether oxygens (including phenoxy) is 2. The van der Waals surface area contributed by atoms with Crippen LogP contribution >= 0.6 is 11.6 Å². The van der Waals surface area contributed by atoms with Crippen molar-refractivity contribution in [1.29, 1.82) is 5.26 Å². The monoisotopic (exact) mass is 775 g/mol. The minimum absolute atomic E-state index is 0.162. The number of carboxylic acids is 1. The van der Waals surface area contributed by atoms with Crippen LogP contribution in [0.2, 0.25) is 5.02 Å². The van der Waals surface area contributed by atoms with E-state index in [1.54, 1.807) is 18.3 Å². The topological polar surface area (TPSA) is 125 Å². The van der Waals surface area contributed by atoms with Crippen molar-refractivity contribution in [3.8, 4) is 28.7 Å². The number of rotatable bonds is 14. The first kappa shape index (κ1) is 39.3. The third kappa shape index (κ3) is 8.86. The standard InChI is InChI=1S/C45H50ClN5O5/c1-4-50(5-2)36-15-12-32(13-16-36)44-49-39-21-33(14-17-41(39)56-44)37-10-8-9-34(29(37)3)28-55-43-22-42(54-27-31-19-30(23-47)24-48-25-31)35(20-38(43)46)26-51-18-7-6-11-40(51)45(52)53/h8-10,14,17,19-22,24-25,32,36,40H,4-7,11-13,15-16,18,26-28H2,1-3H3,(H,52,53). The van der Waals surface area contributed by atoms with E-state index in [2.05, 4.69) is 61.0 Å². The molecule has 1 atom stereocenters. The number of benzene rings is 3. The molecule has 10 nitrogen and oxygen atoms in total. The Morgan fingerprint density at radius 3 is 2.55 bits per heavy atom. The molecule has 0 radical (unpaired) electrons. The highest BCUT2D eigenvalue weighted by molar-refractivity contribution is 6.32. The van der Waals surface area contributed by atoms with E-state index < -0.39 is 12.0 Å². The summed E-state index contributed by atoms with van der Waals surface area (Å²) in [5, 5.41) is 19.7. The normalized spacial score (nSPS) is 18.9. The van der Waals surface area contributed by atoms with Crippen LogP contribution in [0.4, 0.5) is 0 Å². The average Bonchev–Trinajstić information content (AvgIpc) is 3.65. The van der Waals surface area contributed by atoms with Crippen LogP contribution in [0.15, 0.2) is 71.4 Å². The molecule has 1 N–H and O–H groups in total. The second-order valence-electron chi connectivity index (χ2n) is 15.0. The van der Waals surface area contributed by atoms with Crippen molar-refractivity contribution >= 4 is 28.7 Å². The number of fused-ring (bicyclic) bond motifs is 1. The Balaban J connectivity index is 1.09. The van der Waals surface area contributed by atoms with Crippen LogP contribution in [0.1, 0.15) is 98.4 Å². The zero-order chi connectivity index (χ0) is 39.2. The van der Waals surface area contributed by atoms with Crippen molar-refractivity contribution < 1.29 is 23.8 Å². The molecule has 0 amide bonds. The summed E-state index contributed by atoms with van der Waals surface area (Å²) in [6.45, 7) is 10.2. The van der Waals surface area contributed by atoms with Crippen LogP contribution in [-0.2, 0) is 24.6 Å². The molecule has 11 heteroatoms. The van der Waals surface area contributed by atoms with E-state index in [9.17, 15) is 15.2 Å². The van der Waals surface area contributed by atoms with Crippen molar-refractivity contribution in [2.75, 3.05) is 19.6 Å². The number of carboxylic acid groups (broad SMARTS) is 1. The number of hydrogen-bond acceptors (Lipinski definition) is 9. The van der Waals surface area contributed by atoms with Crippen molar-refractivity contribution in [2.24, 2.45) is 0 Å². The van der Waals surface area contributed by atoms with Gasteiger partial charge in [-0.3, -0.25) is 14.7 Å². The molecule has 1 aliphatic heterocycles. The van der Waals surface area contributed by atoms with Gasteiger partial charge in [0, 0.05) is 48.1 Å². The van der Waals surface area contributed by atoms with Gasteiger partial charge in [-0.1, -0.05) is 56.1 Å². The third-order valence-electron chi connectivity index (χ3n) is 11.6. The Morgan fingerprint density at radius 1 is 0.982 bits per heavy atom. The van der Waals surface area contributed by atoms with Crippen LogP contribution in [0, 0.1) is 18.3 Å². The van der Waals surface area contributed by atoms with Gasteiger partial charge in [-0.25, -0.2) is 4.98 Å². The van der Waals surface area contributed by atoms with E-state index >= 15 is 0 Å². The van der Waals surface area contributed by atoms with E-state index in [1.807, 2.05) is 23.1 Å². The number of pyridine rings is 1. The predicted molar refractivity (Wildman–Crippen MR) is 217 cm³/mol. The maximum absolute atomic E-state index is 12.1. The zero-order valence-electron chi connectivity index (χ0n) is 32.5. The summed E-state index contributed by atoms with van der Waals surface area (Å²) in [5.41, 5.74) is 7.87. The molecule has 292 valence electrons. The molecule has 0 bridgehead atoms. The lowest BCUT2D eigenvalue weighted by atomic mass is 9.85. The molecular weight excluding hydrogens is 726 g/mol. The molecule has 2 aliphatic rings. The summed E-state index contributed by atoms with van der Waals surface area (Å²) in [5.74, 6) is 1.36. The van der Waals surface area contributed by atoms with Gasteiger partial charge >= 0.3 is 5.97 Å². The SMILES string of the molecule is CCN(CC)C1CCC(c2nc3cc(-c4cccc(COc5cc(OCc6cncc(C#N)c6)c(CN6CCCCC6C(=O)O)cc5Cl)c4C)ccc3o2)CC1. The van der Waals surface area contributed by atoms with E-state index in [1.165, 1.54) is 19.0 Å². The summed E-state index contributed by atoms with van der Waals surface area (Å²) >= 11 is 6.88. The molecule has 1 saturated carbocycles. The Hall–Kier alpha value is -4.95. The van der Waals surface area contributed by atoms with Gasteiger partial charge in [0.25, 0.3) is 0 Å². The summed E-state index contributed by atoms with van der Waals surface area (Å²) in [6.07, 6.45) is 10.1. The third-order valence-corrected chi connectivity index (χ3v) is 11.9. The van der Waals surface area contributed by atoms with Crippen LogP contribution in [-0.4, -0.2) is 62.6 Å². The van der Waals surface area contributed by atoms with Crippen LogP contribution in [0.5, 0.6) is 11.5 Å². The summed E-state index contributed by atoms with van der Waals surface area (Å²) in [7, 11) is 0. The van der Waals surface area contributed by atoms with E-state index in [-0.39, 0.29) is 13.2 Å². The molecule has 2 aromatic heterocycles.